The van der Waals surface area contributed by atoms with Crippen LogP contribution < -0.4 is 5.73 Å². The lowest BCUT2D eigenvalue weighted by molar-refractivity contribution is 0.148. The van der Waals surface area contributed by atoms with E-state index in [-0.39, 0.29) is 11.2 Å². The highest BCUT2D eigenvalue weighted by molar-refractivity contribution is 6.30. The van der Waals surface area contributed by atoms with E-state index in [1.807, 2.05) is 6.07 Å². The van der Waals surface area contributed by atoms with E-state index >= 15 is 0 Å². The van der Waals surface area contributed by atoms with E-state index in [1.165, 1.54) is 38.2 Å². The normalized spacial score (nSPS) is 26.0. The van der Waals surface area contributed by atoms with E-state index in [1.54, 1.807) is 6.07 Å². The molecule has 21 heavy (non-hydrogen) atoms. The van der Waals surface area contributed by atoms with Crippen LogP contribution in [0.5, 0.6) is 0 Å². The maximum absolute atomic E-state index is 14.0. The molecule has 118 valence electrons. The van der Waals surface area contributed by atoms with Gasteiger partial charge in [-0.15, -0.1) is 0 Å². The van der Waals surface area contributed by atoms with Gasteiger partial charge >= 0.3 is 0 Å². The zero-order valence-electron chi connectivity index (χ0n) is 13.0. The molecule has 0 aromatic heterocycles. The molecule has 1 fully saturated rings. The molecule has 0 spiro atoms. The van der Waals surface area contributed by atoms with Crippen LogP contribution in [-0.4, -0.2) is 6.54 Å². The van der Waals surface area contributed by atoms with Gasteiger partial charge in [0, 0.05) is 5.02 Å². The van der Waals surface area contributed by atoms with Gasteiger partial charge in [0.05, 0.1) is 0 Å². The smallest absolute Gasteiger partial charge is 0.127 e. The zero-order chi connectivity index (χ0) is 15.3. The van der Waals surface area contributed by atoms with Crippen molar-refractivity contribution in [3.63, 3.8) is 0 Å². The first-order valence-electron chi connectivity index (χ1n) is 8.22. The lowest BCUT2D eigenvalue weighted by Gasteiger charge is -2.40. The fourth-order valence-corrected chi connectivity index (χ4v) is 3.75. The number of rotatable bonds is 6. The number of unbranched alkanes of at least 4 members (excludes halogenated alkanes) is 1. The molecule has 2 rings (SSSR count). The van der Waals surface area contributed by atoms with Crippen molar-refractivity contribution in [3.05, 3.63) is 34.6 Å². The molecule has 0 aliphatic heterocycles. The third-order valence-corrected chi connectivity index (χ3v) is 5.38. The van der Waals surface area contributed by atoms with Crippen LogP contribution in [0.25, 0.3) is 0 Å². The number of hydrogen-bond acceptors (Lipinski definition) is 1. The molecule has 0 saturated heterocycles. The van der Waals surface area contributed by atoms with E-state index in [0.717, 1.165) is 30.7 Å². The fourth-order valence-electron chi connectivity index (χ4n) is 3.59. The van der Waals surface area contributed by atoms with Gasteiger partial charge < -0.3 is 5.73 Å². The van der Waals surface area contributed by atoms with Gasteiger partial charge in [0.15, 0.2) is 0 Å². The van der Waals surface area contributed by atoms with Gasteiger partial charge in [0.2, 0.25) is 0 Å². The average Bonchev–Trinajstić information content (AvgIpc) is 2.49. The van der Waals surface area contributed by atoms with Crippen molar-refractivity contribution in [2.75, 3.05) is 6.54 Å². The Bertz CT molecular complexity index is 453. The SMILES string of the molecule is CCCCC1CCC(CN)(Cc2ccc(Cl)cc2F)CC1. The summed E-state index contributed by atoms with van der Waals surface area (Å²) in [5.41, 5.74) is 6.90. The predicted molar refractivity (Wildman–Crippen MR) is 88.1 cm³/mol. The molecule has 1 nitrogen and oxygen atoms in total. The third-order valence-electron chi connectivity index (χ3n) is 5.15. The van der Waals surface area contributed by atoms with Crippen LogP contribution in [0.3, 0.4) is 0 Å². The second kappa shape index (κ2) is 7.60. The Morgan fingerprint density at radius 2 is 2.05 bits per heavy atom. The number of nitrogens with two attached hydrogens (primary N) is 1. The van der Waals surface area contributed by atoms with Crippen molar-refractivity contribution in [1.82, 2.24) is 0 Å². The monoisotopic (exact) mass is 311 g/mol. The summed E-state index contributed by atoms with van der Waals surface area (Å²) in [5.74, 6) is 0.656. The Morgan fingerprint density at radius 1 is 1.33 bits per heavy atom. The lowest BCUT2D eigenvalue weighted by atomic mass is 9.66. The minimum absolute atomic E-state index is 0.0807. The first-order chi connectivity index (χ1) is 10.1. The summed E-state index contributed by atoms with van der Waals surface area (Å²) < 4.78 is 14.0. The summed E-state index contributed by atoms with van der Waals surface area (Å²) in [6.07, 6.45) is 9.42. The molecule has 0 unspecified atom stereocenters. The summed E-state index contributed by atoms with van der Waals surface area (Å²) in [7, 11) is 0. The molecule has 1 aliphatic rings. The molecule has 1 saturated carbocycles. The molecule has 0 radical (unpaired) electrons. The Hall–Kier alpha value is -0.600. The molecule has 3 heteroatoms. The quantitative estimate of drug-likeness (QED) is 0.753. The van der Waals surface area contributed by atoms with Gasteiger partial charge in [-0.2, -0.15) is 0 Å². The average molecular weight is 312 g/mol. The number of halogens is 2. The van der Waals surface area contributed by atoms with Gasteiger partial charge in [-0.3, -0.25) is 0 Å². The summed E-state index contributed by atoms with van der Waals surface area (Å²) in [6, 6.07) is 5.00. The molecule has 0 atom stereocenters. The van der Waals surface area contributed by atoms with E-state index in [0.29, 0.717) is 11.6 Å². The maximum Gasteiger partial charge on any atom is 0.127 e. The zero-order valence-corrected chi connectivity index (χ0v) is 13.8. The Morgan fingerprint density at radius 3 is 2.62 bits per heavy atom. The third kappa shape index (κ3) is 4.43. The van der Waals surface area contributed by atoms with E-state index < -0.39 is 0 Å². The maximum atomic E-state index is 14.0. The highest BCUT2D eigenvalue weighted by atomic mass is 35.5. The number of benzene rings is 1. The van der Waals surface area contributed by atoms with Gasteiger partial charge in [-0.05, 0) is 67.7 Å². The molecule has 1 aliphatic carbocycles. The topological polar surface area (TPSA) is 26.0 Å². The van der Waals surface area contributed by atoms with Crippen LogP contribution >= 0.6 is 11.6 Å². The van der Waals surface area contributed by atoms with Crippen molar-refractivity contribution in [2.24, 2.45) is 17.1 Å². The molecule has 1 aromatic rings. The van der Waals surface area contributed by atoms with E-state index in [9.17, 15) is 4.39 Å². The van der Waals surface area contributed by atoms with Crippen molar-refractivity contribution >= 4 is 11.6 Å². The molecule has 0 amide bonds. The highest BCUT2D eigenvalue weighted by Gasteiger charge is 2.34. The first kappa shape index (κ1) is 16.8. The molecule has 0 heterocycles. The Balaban J connectivity index is 1.99. The van der Waals surface area contributed by atoms with Gasteiger partial charge in [0.25, 0.3) is 0 Å². The largest absolute Gasteiger partial charge is 0.330 e. The summed E-state index contributed by atoms with van der Waals surface area (Å²) in [6.45, 7) is 2.89. The number of hydrogen-bond donors (Lipinski definition) is 1. The summed E-state index contributed by atoms with van der Waals surface area (Å²) in [5, 5.41) is 0.460. The van der Waals surface area contributed by atoms with Crippen LogP contribution in [0.4, 0.5) is 4.39 Å². The fraction of sp³-hybridized carbons (Fsp3) is 0.667. The van der Waals surface area contributed by atoms with Crippen LogP contribution in [0.15, 0.2) is 18.2 Å². The van der Waals surface area contributed by atoms with Crippen LogP contribution in [0.1, 0.15) is 57.4 Å². The van der Waals surface area contributed by atoms with Crippen LogP contribution in [0.2, 0.25) is 5.02 Å². The van der Waals surface area contributed by atoms with Crippen molar-refractivity contribution in [1.29, 1.82) is 0 Å². The van der Waals surface area contributed by atoms with Gasteiger partial charge in [-0.25, -0.2) is 4.39 Å². The second-order valence-corrected chi connectivity index (χ2v) is 7.14. The Labute approximate surface area is 133 Å². The minimum Gasteiger partial charge on any atom is -0.330 e. The van der Waals surface area contributed by atoms with Crippen LogP contribution in [0, 0.1) is 17.2 Å². The lowest BCUT2D eigenvalue weighted by Crippen LogP contribution is -2.37. The predicted octanol–water partition coefficient (Wildman–Crippen LogP) is 5.35. The van der Waals surface area contributed by atoms with Crippen molar-refractivity contribution in [2.45, 2.75) is 58.3 Å². The van der Waals surface area contributed by atoms with Gasteiger partial charge in [-0.1, -0.05) is 43.9 Å². The van der Waals surface area contributed by atoms with Crippen molar-refractivity contribution < 1.29 is 4.39 Å². The summed E-state index contributed by atoms with van der Waals surface area (Å²) in [4.78, 5) is 0. The highest BCUT2D eigenvalue weighted by Crippen LogP contribution is 2.42. The molecular weight excluding hydrogens is 285 g/mol. The molecular formula is C18H27ClFN. The van der Waals surface area contributed by atoms with E-state index in [2.05, 4.69) is 6.92 Å². The van der Waals surface area contributed by atoms with Gasteiger partial charge in [0.1, 0.15) is 5.82 Å². The molecule has 2 N–H and O–H groups in total. The van der Waals surface area contributed by atoms with E-state index in [4.69, 9.17) is 17.3 Å². The second-order valence-electron chi connectivity index (χ2n) is 6.70. The van der Waals surface area contributed by atoms with Crippen molar-refractivity contribution in [3.8, 4) is 0 Å². The first-order valence-corrected chi connectivity index (χ1v) is 8.60. The standard InChI is InChI=1S/C18H27ClFN/c1-2-3-4-14-7-9-18(13-21,10-8-14)12-15-5-6-16(19)11-17(15)20/h5-6,11,14H,2-4,7-10,12-13,21H2,1H3. The molecule has 0 bridgehead atoms. The summed E-state index contributed by atoms with van der Waals surface area (Å²) >= 11 is 5.83. The van der Waals surface area contributed by atoms with Crippen LogP contribution in [-0.2, 0) is 6.42 Å². The Kier molecular flexibility index (Phi) is 6.07. The minimum atomic E-state index is -0.191. The molecule has 1 aromatic carbocycles.